The van der Waals surface area contributed by atoms with E-state index < -0.39 is 0 Å². The molecule has 3 aromatic rings. The van der Waals surface area contributed by atoms with Crippen molar-refractivity contribution in [2.45, 2.75) is 13.0 Å². The molecule has 0 saturated carbocycles. The van der Waals surface area contributed by atoms with Gasteiger partial charge in [-0.15, -0.1) is 0 Å². The van der Waals surface area contributed by atoms with Gasteiger partial charge in [0.1, 0.15) is 0 Å². The Morgan fingerprint density at radius 1 is 1.17 bits per heavy atom. The van der Waals surface area contributed by atoms with Gasteiger partial charge in [-0.3, -0.25) is 4.79 Å². The maximum absolute atomic E-state index is 12.1. The van der Waals surface area contributed by atoms with Crippen LogP contribution in [0, 0.1) is 0 Å². The number of halogens is 1. The van der Waals surface area contributed by atoms with Gasteiger partial charge in [0.05, 0.1) is 34.3 Å². The Morgan fingerprint density at radius 3 is 2.71 bits per heavy atom. The van der Waals surface area contributed by atoms with Crippen LogP contribution in [0.5, 0.6) is 0 Å². The van der Waals surface area contributed by atoms with Crippen LogP contribution in [0.2, 0.25) is 5.02 Å². The third kappa shape index (κ3) is 3.60. The summed E-state index contributed by atoms with van der Waals surface area (Å²) in [5.74, 6) is -0.148. The molecule has 124 valence electrons. The lowest BCUT2D eigenvalue weighted by molar-refractivity contribution is -0.120. The number of imidazole rings is 1. The maximum Gasteiger partial charge on any atom is 0.323 e. The number of benzene rings is 2. The first-order valence-electron chi connectivity index (χ1n) is 7.52. The quantitative estimate of drug-likeness (QED) is 0.573. The molecule has 1 amide bonds. The van der Waals surface area contributed by atoms with Crippen LogP contribution in [-0.2, 0) is 4.79 Å². The number of nitrogens with one attached hydrogen (secondary N) is 4. The van der Waals surface area contributed by atoms with Crippen LogP contribution in [0.15, 0.2) is 47.3 Å². The summed E-state index contributed by atoms with van der Waals surface area (Å²) >= 11 is 6.04. The molecule has 2 aromatic carbocycles. The summed E-state index contributed by atoms with van der Waals surface area (Å²) in [6, 6.07) is 12.6. The summed E-state index contributed by atoms with van der Waals surface area (Å²) in [5, 5.41) is 6.49. The number of fused-ring (bicyclic) bond motifs is 1. The molecule has 6 nitrogen and oxygen atoms in total. The summed E-state index contributed by atoms with van der Waals surface area (Å²) in [4.78, 5) is 28.8. The van der Waals surface area contributed by atoms with E-state index in [1.165, 1.54) is 0 Å². The number of hydrogen-bond acceptors (Lipinski definition) is 3. The third-order valence-corrected chi connectivity index (χ3v) is 4.06. The Labute approximate surface area is 143 Å². The highest BCUT2D eigenvalue weighted by Crippen LogP contribution is 2.20. The van der Waals surface area contributed by atoms with Gasteiger partial charge in [-0.1, -0.05) is 29.8 Å². The number of rotatable bonds is 5. The molecule has 0 fully saturated rings. The zero-order valence-corrected chi connectivity index (χ0v) is 13.8. The Hall–Kier alpha value is -2.73. The molecule has 1 aromatic heterocycles. The second-order valence-corrected chi connectivity index (χ2v) is 5.91. The Kier molecular flexibility index (Phi) is 4.57. The fourth-order valence-corrected chi connectivity index (χ4v) is 2.68. The molecule has 0 unspecified atom stereocenters. The van der Waals surface area contributed by atoms with E-state index in [2.05, 4.69) is 20.6 Å². The number of aromatic amines is 2. The number of carbonyl (C=O) groups is 1. The van der Waals surface area contributed by atoms with Gasteiger partial charge < -0.3 is 20.6 Å². The van der Waals surface area contributed by atoms with Gasteiger partial charge in [0.25, 0.3) is 0 Å². The minimum Gasteiger partial charge on any atom is -0.375 e. The number of carbonyl (C=O) groups excluding carboxylic acids is 1. The molecule has 0 spiro atoms. The minimum atomic E-state index is -0.247. The van der Waals surface area contributed by atoms with Crippen LogP contribution in [0.3, 0.4) is 0 Å². The number of amides is 1. The molecule has 24 heavy (non-hydrogen) atoms. The van der Waals surface area contributed by atoms with Crippen LogP contribution in [0.1, 0.15) is 18.5 Å². The van der Waals surface area contributed by atoms with Crippen LogP contribution in [0.4, 0.5) is 5.69 Å². The average molecular weight is 345 g/mol. The van der Waals surface area contributed by atoms with Crippen molar-refractivity contribution in [3.63, 3.8) is 0 Å². The maximum atomic E-state index is 12.1. The standard InChI is InChI=1S/C17H17ClN4O2/c1-10(11-6-7-14-15(8-11)22-17(24)21-14)20-16(23)9-19-13-5-3-2-4-12(13)18/h2-8,10,19H,9H2,1H3,(H,20,23)(H2,21,22,24)/t10-/m0/s1. The van der Waals surface area contributed by atoms with E-state index in [4.69, 9.17) is 11.6 Å². The Balaban J connectivity index is 1.62. The first kappa shape index (κ1) is 16.1. The summed E-state index contributed by atoms with van der Waals surface area (Å²) in [5.41, 5.74) is 2.83. The van der Waals surface area contributed by atoms with E-state index in [0.29, 0.717) is 16.2 Å². The highest BCUT2D eigenvalue weighted by molar-refractivity contribution is 6.33. The summed E-state index contributed by atoms with van der Waals surface area (Å²) in [6.07, 6.45) is 0. The monoisotopic (exact) mass is 344 g/mol. The van der Waals surface area contributed by atoms with Crippen LogP contribution in [0.25, 0.3) is 11.0 Å². The number of para-hydroxylation sites is 1. The van der Waals surface area contributed by atoms with Crippen LogP contribution in [-0.4, -0.2) is 22.4 Å². The Bertz CT molecular complexity index is 931. The predicted octanol–water partition coefficient (Wildman–Crippen LogP) is 2.80. The summed E-state index contributed by atoms with van der Waals surface area (Å²) < 4.78 is 0. The molecule has 7 heteroatoms. The SMILES string of the molecule is C[C@H](NC(=O)CNc1ccccc1Cl)c1ccc2[nH]c(=O)[nH]c2c1. The zero-order chi connectivity index (χ0) is 17.1. The molecule has 0 bridgehead atoms. The summed E-state index contributed by atoms with van der Waals surface area (Å²) in [7, 11) is 0. The third-order valence-electron chi connectivity index (χ3n) is 3.73. The molecule has 4 N–H and O–H groups in total. The van der Waals surface area contributed by atoms with Crippen LogP contribution < -0.4 is 16.3 Å². The van der Waals surface area contributed by atoms with E-state index in [1.54, 1.807) is 6.07 Å². The smallest absolute Gasteiger partial charge is 0.323 e. The number of H-pyrrole nitrogens is 2. The van der Waals surface area contributed by atoms with Crippen molar-refractivity contribution >= 4 is 34.2 Å². The molecule has 0 aliphatic heterocycles. The van der Waals surface area contributed by atoms with Gasteiger partial charge in [0.2, 0.25) is 5.91 Å². The highest BCUT2D eigenvalue weighted by atomic mass is 35.5. The molecule has 0 saturated heterocycles. The second-order valence-electron chi connectivity index (χ2n) is 5.51. The van der Waals surface area contributed by atoms with Gasteiger partial charge >= 0.3 is 5.69 Å². The van der Waals surface area contributed by atoms with E-state index in [-0.39, 0.29) is 24.2 Å². The van der Waals surface area contributed by atoms with Crippen molar-refractivity contribution in [2.24, 2.45) is 0 Å². The van der Waals surface area contributed by atoms with Gasteiger partial charge in [0.15, 0.2) is 0 Å². The fourth-order valence-electron chi connectivity index (χ4n) is 2.48. The van der Waals surface area contributed by atoms with Crippen molar-refractivity contribution in [2.75, 3.05) is 11.9 Å². The largest absolute Gasteiger partial charge is 0.375 e. The highest BCUT2D eigenvalue weighted by Gasteiger charge is 2.11. The topological polar surface area (TPSA) is 89.8 Å². The van der Waals surface area contributed by atoms with Gasteiger partial charge in [0, 0.05) is 0 Å². The van der Waals surface area contributed by atoms with Crippen molar-refractivity contribution < 1.29 is 4.79 Å². The molecule has 3 rings (SSSR count). The molecule has 0 aliphatic carbocycles. The normalized spacial score (nSPS) is 12.1. The fraction of sp³-hybridized carbons (Fsp3) is 0.176. The lowest BCUT2D eigenvalue weighted by atomic mass is 10.1. The lowest BCUT2D eigenvalue weighted by Gasteiger charge is -2.15. The minimum absolute atomic E-state index is 0.122. The predicted molar refractivity (Wildman–Crippen MR) is 95.4 cm³/mol. The Morgan fingerprint density at radius 2 is 1.92 bits per heavy atom. The van der Waals surface area contributed by atoms with Crippen LogP contribution >= 0.6 is 11.6 Å². The van der Waals surface area contributed by atoms with Crippen molar-refractivity contribution in [1.82, 2.24) is 15.3 Å². The molecular formula is C17H17ClN4O2. The lowest BCUT2D eigenvalue weighted by Crippen LogP contribution is -2.32. The number of aromatic nitrogens is 2. The van der Waals surface area contributed by atoms with Gasteiger partial charge in [-0.2, -0.15) is 0 Å². The van der Waals surface area contributed by atoms with Crippen molar-refractivity contribution in [3.8, 4) is 0 Å². The molecule has 1 atom stereocenters. The van der Waals surface area contributed by atoms with E-state index in [9.17, 15) is 9.59 Å². The second kappa shape index (κ2) is 6.80. The van der Waals surface area contributed by atoms with Crippen molar-refractivity contribution in [3.05, 3.63) is 63.5 Å². The molecular weight excluding hydrogens is 328 g/mol. The van der Waals surface area contributed by atoms with E-state index in [1.807, 2.05) is 43.3 Å². The molecule has 0 aliphatic rings. The first-order valence-corrected chi connectivity index (χ1v) is 7.90. The number of anilines is 1. The van der Waals surface area contributed by atoms with Gasteiger partial charge in [-0.05, 0) is 36.8 Å². The average Bonchev–Trinajstić information content (AvgIpc) is 2.93. The molecule has 0 radical (unpaired) electrons. The van der Waals surface area contributed by atoms with Gasteiger partial charge in [-0.25, -0.2) is 4.79 Å². The van der Waals surface area contributed by atoms with Crippen molar-refractivity contribution in [1.29, 1.82) is 0 Å². The summed E-state index contributed by atoms with van der Waals surface area (Å²) in [6.45, 7) is 2.01. The van der Waals surface area contributed by atoms with E-state index >= 15 is 0 Å². The molecule has 1 heterocycles. The first-order chi connectivity index (χ1) is 11.5. The number of hydrogen-bond donors (Lipinski definition) is 4. The zero-order valence-electron chi connectivity index (χ0n) is 13.0. The van der Waals surface area contributed by atoms with E-state index in [0.717, 1.165) is 11.1 Å².